The number of nitrogen functional groups attached to an aromatic ring is 1. The van der Waals surface area contributed by atoms with Crippen molar-refractivity contribution in [1.29, 1.82) is 0 Å². The lowest BCUT2D eigenvalue weighted by molar-refractivity contribution is -0.115. The molecule has 0 aliphatic carbocycles. The molecule has 0 aliphatic rings. The summed E-state index contributed by atoms with van der Waals surface area (Å²) in [5.41, 5.74) is 6.89. The molecule has 0 saturated carbocycles. The first-order valence-electron chi connectivity index (χ1n) is 6.36. The number of anilines is 2. The molecule has 0 saturated heterocycles. The van der Waals surface area contributed by atoms with Crippen LogP contribution in [-0.4, -0.2) is 16.9 Å². The van der Waals surface area contributed by atoms with Gasteiger partial charge in [-0.25, -0.2) is 0 Å². The number of hydrogen-bond acceptors (Lipinski definition) is 3. The lowest BCUT2D eigenvalue weighted by atomic mass is 10.2. The normalized spacial score (nSPS) is 12.5. The third-order valence-corrected chi connectivity index (χ3v) is 4.68. The Morgan fingerprint density at radius 2 is 2.11 bits per heavy atom. The molecule has 0 aromatic heterocycles. The molecule has 5 heteroatoms. The Labute approximate surface area is 124 Å². The van der Waals surface area contributed by atoms with E-state index < -0.39 is 0 Å². The second kappa shape index (κ2) is 7.65. The highest BCUT2D eigenvalue weighted by molar-refractivity contribution is 7.99. The van der Waals surface area contributed by atoms with Crippen LogP contribution in [0.1, 0.15) is 27.2 Å². The van der Waals surface area contributed by atoms with Crippen LogP contribution < -0.4 is 11.1 Å². The number of halogens is 1. The summed E-state index contributed by atoms with van der Waals surface area (Å²) in [6.45, 7) is 6.56. The van der Waals surface area contributed by atoms with Gasteiger partial charge < -0.3 is 11.1 Å². The van der Waals surface area contributed by atoms with Crippen molar-refractivity contribution in [2.75, 3.05) is 16.8 Å². The quantitative estimate of drug-likeness (QED) is 0.780. The number of benzene rings is 1. The SMILES string of the molecule is CC(C)C(C)SCCC(=O)Nc1ccc(Cl)cc1N. The van der Waals surface area contributed by atoms with Crippen LogP contribution in [0.15, 0.2) is 18.2 Å². The van der Waals surface area contributed by atoms with Crippen molar-refractivity contribution in [3.05, 3.63) is 23.2 Å². The molecular weight excluding hydrogens is 280 g/mol. The number of amides is 1. The standard InChI is InChI=1S/C14H21ClN2OS/c1-9(2)10(3)19-7-6-14(18)17-13-5-4-11(15)8-12(13)16/h4-5,8-10H,6-7,16H2,1-3H3,(H,17,18). The van der Waals surface area contributed by atoms with E-state index in [-0.39, 0.29) is 5.91 Å². The fraction of sp³-hybridized carbons (Fsp3) is 0.500. The predicted molar refractivity (Wildman–Crippen MR) is 85.9 cm³/mol. The number of thioether (sulfide) groups is 1. The maximum atomic E-state index is 11.8. The van der Waals surface area contributed by atoms with Crippen molar-refractivity contribution in [2.24, 2.45) is 5.92 Å². The molecule has 3 N–H and O–H groups in total. The van der Waals surface area contributed by atoms with Gasteiger partial charge in [0.25, 0.3) is 0 Å². The molecule has 0 radical (unpaired) electrons. The van der Waals surface area contributed by atoms with Gasteiger partial charge in [0, 0.05) is 22.4 Å². The monoisotopic (exact) mass is 300 g/mol. The number of rotatable bonds is 6. The summed E-state index contributed by atoms with van der Waals surface area (Å²) in [7, 11) is 0. The molecule has 19 heavy (non-hydrogen) atoms. The number of nitrogens with one attached hydrogen (secondary N) is 1. The molecule has 106 valence electrons. The van der Waals surface area contributed by atoms with Crippen molar-refractivity contribution < 1.29 is 4.79 Å². The molecule has 1 unspecified atom stereocenters. The maximum Gasteiger partial charge on any atom is 0.225 e. The Morgan fingerprint density at radius 3 is 2.68 bits per heavy atom. The molecule has 3 nitrogen and oxygen atoms in total. The highest BCUT2D eigenvalue weighted by atomic mass is 35.5. The van der Waals surface area contributed by atoms with Gasteiger partial charge in [-0.2, -0.15) is 11.8 Å². The summed E-state index contributed by atoms with van der Waals surface area (Å²) < 4.78 is 0. The number of carbonyl (C=O) groups excluding carboxylic acids is 1. The molecule has 0 bridgehead atoms. The van der Waals surface area contributed by atoms with Crippen LogP contribution in [0.2, 0.25) is 5.02 Å². The summed E-state index contributed by atoms with van der Waals surface area (Å²) in [6, 6.07) is 5.06. The minimum absolute atomic E-state index is 0.0162. The lowest BCUT2D eigenvalue weighted by Gasteiger charge is -2.14. The van der Waals surface area contributed by atoms with E-state index in [1.54, 1.807) is 18.2 Å². The summed E-state index contributed by atoms with van der Waals surface area (Å²) in [5, 5.41) is 3.93. The molecule has 1 rings (SSSR count). The largest absolute Gasteiger partial charge is 0.397 e. The molecule has 0 heterocycles. The van der Waals surface area contributed by atoms with Gasteiger partial charge in [0.1, 0.15) is 0 Å². The van der Waals surface area contributed by atoms with Crippen molar-refractivity contribution in [3.63, 3.8) is 0 Å². The van der Waals surface area contributed by atoms with Crippen LogP contribution in [0.25, 0.3) is 0 Å². The number of carbonyl (C=O) groups is 1. The predicted octanol–water partition coefficient (Wildman–Crippen LogP) is 4.03. The van der Waals surface area contributed by atoms with Crippen LogP contribution in [0.4, 0.5) is 11.4 Å². The fourth-order valence-electron chi connectivity index (χ4n) is 1.39. The first-order chi connectivity index (χ1) is 8.90. The van der Waals surface area contributed by atoms with Crippen molar-refractivity contribution in [3.8, 4) is 0 Å². The Kier molecular flexibility index (Phi) is 6.52. The molecule has 1 amide bonds. The summed E-state index contributed by atoms with van der Waals surface area (Å²) in [4.78, 5) is 11.8. The highest BCUT2D eigenvalue weighted by Crippen LogP contribution is 2.23. The second-order valence-electron chi connectivity index (χ2n) is 4.85. The average molecular weight is 301 g/mol. The smallest absolute Gasteiger partial charge is 0.225 e. The number of nitrogens with two attached hydrogens (primary N) is 1. The zero-order valence-electron chi connectivity index (χ0n) is 11.6. The van der Waals surface area contributed by atoms with Gasteiger partial charge in [-0.15, -0.1) is 0 Å². The van der Waals surface area contributed by atoms with Crippen LogP contribution in [0.5, 0.6) is 0 Å². The van der Waals surface area contributed by atoms with Crippen molar-refractivity contribution >= 4 is 40.6 Å². The van der Waals surface area contributed by atoms with E-state index in [1.165, 1.54) is 0 Å². The summed E-state index contributed by atoms with van der Waals surface area (Å²) in [6.07, 6.45) is 0.490. The van der Waals surface area contributed by atoms with Gasteiger partial charge in [-0.05, 0) is 24.1 Å². The molecule has 0 fully saturated rings. The molecule has 0 aliphatic heterocycles. The minimum Gasteiger partial charge on any atom is -0.397 e. The van der Waals surface area contributed by atoms with E-state index in [1.807, 2.05) is 11.8 Å². The van der Waals surface area contributed by atoms with E-state index in [0.717, 1.165) is 5.75 Å². The van der Waals surface area contributed by atoms with Crippen LogP contribution >= 0.6 is 23.4 Å². The molecular formula is C14H21ClN2OS. The van der Waals surface area contributed by atoms with E-state index in [0.29, 0.717) is 34.0 Å². The molecule has 1 aromatic rings. The van der Waals surface area contributed by atoms with Crippen LogP contribution in [0, 0.1) is 5.92 Å². The van der Waals surface area contributed by atoms with Gasteiger partial charge in [-0.3, -0.25) is 4.79 Å². The Balaban J connectivity index is 2.39. The third kappa shape index (κ3) is 5.74. The number of hydrogen-bond donors (Lipinski definition) is 2. The van der Waals surface area contributed by atoms with Gasteiger partial charge in [0.15, 0.2) is 0 Å². The summed E-state index contributed by atoms with van der Waals surface area (Å²) in [5.74, 6) is 1.43. The third-order valence-electron chi connectivity index (χ3n) is 2.94. The van der Waals surface area contributed by atoms with Crippen LogP contribution in [0.3, 0.4) is 0 Å². The van der Waals surface area contributed by atoms with Crippen molar-refractivity contribution in [2.45, 2.75) is 32.4 Å². The molecule has 1 atom stereocenters. The van der Waals surface area contributed by atoms with E-state index >= 15 is 0 Å². The van der Waals surface area contributed by atoms with E-state index in [9.17, 15) is 4.79 Å². The van der Waals surface area contributed by atoms with Gasteiger partial charge in [0.05, 0.1) is 11.4 Å². The lowest BCUT2D eigenvalue weighted by Crippen LogP contribution is -2.15. The molecule has 1 aromatic carbocycles. The van der Waals surface area contributed by atoms with Gasteiger partial charge >= 0.3 is 0 Å². The Bertz CT molecular complexity index is 437. The van der Waals surface area contributed by atoms with Gasteiger partial charge in [-0.1, -0.05) is 32.4 Å². The van der Waals surface area contributed by atoms with Crippen LogP contribution in [-0.2, 0) is 4.79 Å². The minimum atomic E-state index is -0.0162. The average Bonchev–Trinajstić information content (AvgIpc) is 2.32. The van der Waals surface area contributed by atoms with Crippen molar-refractivity contribution in [1.82, 2.24) is 0 Å². The van der Waals surface area contributed by atoms with E-state index in [2.05, 4.69) is 26.1 Å². The Hall–Kier alpha value is -0.870. The first-order valence-corrected chi connectivity index (χ1v) is 7.79. The summed E-state index contributed by atoms with van der Waals surface area (Å²) >= 11 is 7.62. The maximum absolute atomic E-state index is 11.8. The zero-order valence-corrected chi connectivity index (χ0v) is 13.1. The topological polar surface area (TPSA) is 55.1 Å². The zero-order chi connectivity index (χ0) is 14.4. The van der Waals surface area contributed by atoms with Gasteiger partial charge in [0.2, 0.25) is 5.91 Å². The second-order valence-corrected chi connectivity index (χ2v) is 6.77. The molecule has 0 spiro atoms. The first kappa shape index (κ1) is 16.2. The Morgan fingerprint density at radius 1 is 1.42 bits per heavy atom. The van der Waals surface area contributed by atoms with E-state index in [4.69, 9.17) is 17.3 Å². The highest BCUT2D eigenvalue weighted by Gasteiger charge is 2.10. The fourth-order valence-corrected chi connectivity index (χ4v) is 2.63.